The molecule has 1 fully saturated rings. The Labute approximate surface area is 98.8 Å². The van der Waals surface area contributed by atoms with Gasteiger partial charge in [-0.2, -0.15) is 5.26 Å². The van der Waals surface area contributed by atoms with Crippen LogP contribution in [0.4, 0.5) is 5.69 Å². The summed E-state index contributed by atoms with van der Waals surface area (Å²) in [5.74, 6) is 1.11. The van der Waals surface area contributed by atoms with Crippen LogP contribution in [-0.2, 0) is 10.2 Å². The van der Waals surface area contributed by atoms with Gasteiger partial charge in [0.1, 0.15) is 5.41 Å². The Bertz CT molecular complexity index is 463. The summed E-state index contributed by atoms with van der Waals surface area (Å²) in [5, 5.41) is 12.6. The zero-order valence-electron chi connectivity index (χ0n) is 8.82. The van der Waals surface area contributed by atoms with Crippen molar-refractivity contribution < 1.29 is 4.74 Å². The fraction of sp³-hybridized carbons (Fsp3) is 0.417. The molecule has 1 aromatic carbocycles. The van der Waals surface area contributed by atoms with Gasteiger partial charge in [-0.25, -0.2) is 0 Å². The number of rotatable bonds is 1. The number of anilines is 1. The molecule has 16 heavy (non-hydrogen) atoms. The van der Waals surface area contributed by atoms with E-state index in [2.05, 4.69) is 29.6 Å². The van der Waals surface area contributed by atoms with E-state index < -0.39 is 5.41 Å². The highest BCUT2D eigenvalue weighted by Crippen LogP contribution is 2.37. The van der Waals surface area contributed by atoms with Crippen molar-refractivity contribution >= 4 is 17.4 Å². The third-order valence-electron chi connectivity index (χ3n) is 3.12. The summed E-state index contributed by atoms with van der Waals surface area (Å²) in [6.45, 7) is 2.04. The van der Waals surface area contributed by atoms with Gasteiger partial charge >= 0.3 is 0 Å². The van der Waals surface area contributed by atoms with Gasteiger partial charge in [0.2, 0.25) is 0 Å². The van der Waals surface area contributed by atoms with E-state index in [1.54, 1.807) is 0 Å². The first-order valence-corrected chi connectivity index (χ1v) is 6.33. The van der Waals surface area contributed by atoms with Crippen LogP contribution in [0.25, 0.3) is 0 Å². The van der Waals surface area contributed by atoms with E-state index in [1.807, 2.05) is 11.8 Å². The van der Waals surface area contributed by atoms with Gasteiger partial charge < -0.3 is 10.1 Å². The van der Waals surface area contributed by atoms with Crippen molar-refractivity contribution in [3.8, 4) is 6.07 Å². The molecule has 1 aromatic rings. The maximum absolute atomic E-state index is 9.24. The zero-order valence-corrected chi connectivity index (χ0v) is 9.64. The molecule has 0 amide bonds. The lowest BCUT2D eigenvalue weighted by atomic mass is 9.80. The van der Waals surface area contributed by atoms with Gasteiger partial charge in [0.25, 0.3) is 0 Å². The van der Waals surface area contributed by atoms with Crippen LogP contribution >= 0.6 is 11.8 Å². The topological polar surface area (TPSA) is 45.0 Å². The van der Waals surface area contributed by atoms with Crippen molar-refractivity contribution in [1.29, 1.82) is 5.26 Å². The van der Waals surface area contributed by atoms with Gasteiger partial charge in [0.05, 0.1) is 19.3 Å². The fourth-order valence-corrected chi connectivity index (χ4v) is 2.92. The second kappa shape index (κ2) is 3.69. The molecular weight excluding hydrogens is 220 g/mol. The standard InChI is InChI=1S/C12H12N2OS/c13-6-12(7-15-8-12)9-1-2-11-10(5-9)14-3-4-16-11/h1-2,5,14H,3-4,7-8H2. The third-order valence-corrected chi connectivity index (χ3v) is 4.19. The second-order valence-corrected chi connectivity index (χ2v) is 5.31. The van der Waals surface area contributed by atoms with E-state index in [9.17, 15) is 5.26 Å². The number of nitrogens with zero attached hydrogens (tertiary/aromatic N) is 1. The Morgan fingerprint density at radius 2 is 2.31 bits per heavy atom. The first-order valence-electron chi connectivity index (χ1n) is 5.34. The predicted molar refractivity (Wildman–Crippen MR) is 63.8 cm³/mol. The molecule has 0 radical (unpaired) electrons. The van der Waals surface area contributed by atoms with Crippen LogP contribution in [0.3, 0.4) is 0 Å². The van der Waals surface area contributed by atoms with Crippen LogP contribution in [-0.4, -0.2) is 25.5 Å². The van der Waals surface area contributed by atoms with Crippen LogP contribution in [0.5, 0.6) is 0 Å². The van der Waals surface area contributed by atoms with E-state index in [0.717, 1.165) is 23.5 Å². The molecule has 0 aliphatic carbocycles. The number of ether oxygens (including phenoxy) is 1. The Balaban J connectivity index is 2.00. The van der Waals surface area contributed by atoms with E-state index in [-0.39, 0.29) is 0 Å². The minimum absolute atomic E-state index is 0.404. The molecule has 0 atom stereocenters. The third kappa shape index (κ3) is 1.40. The SMILES string of the molecule is N#CC1(c2ccc3c(c2)NCCS3)COC1. The average molecular weight is 232 g/mol. The summed E-state index contributed by atoms with van der Waals surface area (Å²) < 4.78 is 5.18. The molecule has 3 rings (SSSR count). The number of hydrogen-bond donors (Lipinski definition) is 1. The van der Waals surface area contributed by atoms with Crippen molar-refractivity contribution in [3.63, 3.8) is 0 Å². The van der Waals surface area contributed by atoms with Gasteiger partial charge in [0, 0.05) is 22.9 Å². The van der Waals surface area contributed by atoms with Gasteiger partial charge in [0.15, 0.2) is 0 Å². The Kier molecular flexibility index (Phi) is 2.31. The Hall–Kier alpha value is -1.18. The fourth-order valence-electron chi connectivity index (χ4n) is 2.04. The lowest BCUT2D eigenvalue weighted by Gasteiger charge is -2.36. The van der Waals surface area contributed by atoms with Crippen molar-refractivity contribution in [3.05, 3.63) is 23.8 Å². The quantitative estimate of drug-likeness (QED) is 0.804. The van der Waals surface area contributed by atoms with Crippen molar-refractivity contribution in [1.82, 2.24) is 0 Å². The number of benzene rings is 1. The molecule has 3 nitrogen and oxygen atoms in total. The number of nitrogens with one attached hydrogen (secondary N) is 1. The van der Waals surface area contributed by atoms with Gasteiger partial charge in [-0.15, -0.1) is 11.8 Å². The van der Waals surface area contributed by atoms with Crippen LogP contribution in [0.1, 0.15) is 5.56 Å². The highest BCUT2D eigenvalue weighted by atomic mass is 32.2. The first kappa shape index (κ1) is 10.0. The highest BCUT2D eigenvalue weighted by molar-refractivity contribution is 7.99. The smallest absolute Gasteiger partial charge is 0.129 e. The molecule has 1 saturated heterocycles. The van der Waals surface area contributed by atoms with E-state index in [0.29, 0.717) is 13.2 Å². The molecular formula is C12H12N2OS. The molecule has 2 aliphatic heterocycles. The minimum atomic E-state index is -0.404. The van der Waals surface area contributed by atoms with Crippen LogP contribution in [0.15, 0.2) is 23.1 Å². The maximum Gasteiger partial charge on any atom is 0.129 e. The van der Waals surface area contributed by atoms with Crippen LogP contribution < -0.4 is 5.32 Å². The number of nitriles is 1. The molecule has 0 aromatic heterocycles. The van der Waals surface area contributed by atoms with Crippen molar-refractivity contribution in [2.75, 3.05) is 30.8 Å². The Morgan fingerprint density at radius 3 is 3.00 bits per heavy atom. The molecule has 0 saturated carbocycles. The summed E-state index contributed by atoms with van der Waals surface area (Å²) in [5.41, 5.74) is 1.84. The lowest BCUT2D eigenvalue weighted by Crippen LogP contribution is -2.45. The number of thioether (sulfide) groups is 1. The van der Waals surface area contributed by atoms with Crippen molar-refractivity contribution in [2.45, 2.75) is 10.3 Å². The molecule has 0 unspecified atom stereocenters. The normalized spacial score (nSPS) is 21.2. The molecule has 0 bridgehead atoms. The summed E-state index contributed by atoms with van der Waals surface area (Å²) in [6, 6.07) is 8.65. The molecule has 2 heterocycles. The first-order chi connectivity index (χ1) is 7.84. The van der Waals surface area contributed by atoms with E-state index >= 15 is 0 Å². The van der Waals surface area contributed by atoms with E-state index in [4.69, 9.17) is 4.74 Å². The summed E-state index contributed by atoms with van der Waals surface area (Å²) >= 11 is 1.86. The molecule has 2 aliphatic rings. The maximum atomic E-state index is 9.24. The monoisotopic (exact) mass is 232 g/mol. The molecule has 82 valence electrons. The second-order valence-electron chi connectivity index (χ2n) is 4.17. The molecule has 0 spiro atoms. The van der Waals surface area contributed by atoms with Crippen molar-refractivity contribution in [2.24, 2.45) is 0 Å². The molecule has 1 N–H and O–H groups in total. The summed E-state index contributed by atoms with van der Waals surface area (Å²) in [4.78, 5) is 1.28. The van der Waals surface area contributed by atoms with Gasteiger partial charge in [-0.1, -0.05) is 6.07 Å². The van der Waals surface area contributed by atoms with Crippen LogP contribution in [0.2, 0.25) is 0 Å². The molecule has 4 heteroatoms. The largest absolute Gasteiger partial charge is 0.383 e. The lowest BCUT2D eigenvalue weighted by molar-refractivity contribution is -0.0298. The average Bonchev–Trinajstić information content (AvgIpc) is 2.28. The van der Waals surface area contributed by atoms with Gasteiger partial charge in [-0.05, 0) is 17.7 Å². The van der Waals surface area contributed by atoms with E-state index in [1.165, 1.54) is 4.90 Å². The highest BCUT2D eigenvalue weighted by Gasteiger charge is 2.41. The minimum Gasteiger partial charge on any atom is -0.383 e. The number of hydrogen-bond acceptors (Lipinski definition) is 4. The summed E-state index contributed by atoms with van der Waals surface area (Å²) in [7, 11) is 0. The zero-order chi connectivity index (χ0) is 11.0. The summed E-state index contributed by atoms with van der Waals surface area (Å²) in [6.07, 6.45) is 0. The number of fused-ring (bicyclic) bond motifs is 1. The Morgan fingerprint density at radius 1 is 1.44 bits per heavy atom. The van der Waals surface area contributed by atoms with Gasteiger partial charge in [-0.3, -0.25) is 0 Å². The van der Waals surface area contributed by atoms with Crippen LogP contribution in [0, 0.1) is 11.3 Å². The predicted octanol–water partition coefficient (Wildman–Crippen LogP) is 2.00.